The van der Waals surface area contributed by atoms with Crippen LogP contribution in [-0.4, -0.2) is 58.3 Å². The minimum absolute atomic E-state index is 0.270. The lowest BCUT2D eigenvalue weighted by atomic mass is 9.97. The fourth-order valence-electron chi connectivity index (χ4n) is 5.31. The van der Waals surface area contributed by atoms with Gasteiger partial charge in [-0.1, -0.05) is 64.1 Å². The zero-order chi connectivity index (χ0) is 32.6. The van der Waals surface area contributed by atoms with Crippen molar-refractivity contribution in [3.63, 3.8) is 0 Å². The fourth-order valence-corrected chi connectivity index (χ4v) is 5.31. The number of nitrogens with one attached hydrogen (secondary N) is 2. The van der Waals surface area contributed by atoms with E-state index in [4.69, 9.17) is 0 Å². The smallest absolute Gasteiger partial charge is 0.249 e. The van der Waals surface area contributed by atoms with E-state index < -0.39 is 12.1 Å². The van der Waals surface area contributed by atoms with Crippen molar-refractivity contribution in [2.24, 2.45) is 0 Å². The third-order valence-corrected chi connectivity index (χ3v) is 8.27. The maximum Gasteiger partial charge on any atom is 0.249 e. The highest BCUT2D eigenvalue weighted by Crippen LogP contribution is 2.23. The molecular formula is C34H44N4O6. The second-order valence-electron chi connectivity index (χ2n) is 12.2. The number of carbonyl (C=O) groups is 6. The Balaban J connectivity index is 0.000000240. The molecule has 2 saturated heterocycles. The lowest BCUT2D eigenvalue weighted by Crippen LogP contribution is -2.51. The van der Waals surface area contributed by atoms with Crippen LogP contribution in [-0.2, 0) is 41.9 Å². The number of carbonyl (C=O) groups excluding carboxylic acids is 6. The molecule has 2 unspecified atom stereocenters. The molecule has 10 heteroatoms. The van der Waals surface area contributed by atoms with Gasteiger partial charge in [-0.05, 0) is 71.9 Å². The quantitative estimate of drug-likeness (QED) is 0.314. The molecule has 0 bridgehead atoms. The standard InChI is InChI=1S/2C17H22N2O3/c1-11(2)13-4-5-14(12(3)8-13)9-19(10-20)15-6-7-16(21)18-17(15)22;1-11(2)13-5-4-12(3)14(8-13)9-19(10-20)15-6-7-16(21)18-17(15)22/h2*4-5,8,10-11,15H,6-7,9H2,1-3H3,(H,18,21,22). The van der Waals surface area contributed by atoms with E-state index in [-0.39, 0.29) is 36.5 Å². The normalized spacial score (nSPS) is 18.3. The molecule has 2 atom stereocenters. The minimum Gasteiger partial charge on any atom is -0.329 e. The van der Waals surface area contributed by atoms with Crippen LogP contribution in [0.2, 0.25) is 0 Å². The molecule has 2 aromatic carbocycles. The number of piperidine rings is 2. The first kappa shape index (κ1) is 34.2. The molecule has 0 aromatic heterocycles. The molecule has 10 nitrogen and oxygen atoms in total. The van der Waals surface area contributed by atoms with Gasteiger partial charge in [0.2, 0.25) is 36.4 Å². The average molecular weight is 605 g/mol. The Morgan fingerprint density at radius 2 is 1.14 bits per heavy atom. The number of nitrogens with zero attached hydrogens (tertiary/aromatic N) is 2. The lowest BCUT2D eigenvalue weighted by molar-refractivity contribution is -0.142. The Labute approximate surface area is 259 Å². The van der Waals surface area contributed by atoms with E-state index in [0.29, 0.717) is 50.6 Å². The molecule has 0 saturated carbocycles. The van der Waals surface area contributed by atoms with Crippen LogP contribution in [0.3, 0.4) is 0 Å². The van der Waals surface area contributed by atoms with Gasteiger partial charge in [-0.3, -0.25) is 39.4 Å². The average Bonchev–Trinajstić information content (AvgIpc) is 2.97. The molecule has 44 heavy (non-hydrogen) atoms. The van der Waals surface area contributed by atoms with Crippen molar-refractivity contribution in [1.29, 1.82) is 0 Å². The third kappa shape index (κ3) is 8.84. The first-order chi connectivity index (χ1) is 20.8. The minimum atomic E-state index is -0.572. The van der Waals surface area contributed by atoms with Crippen molar-refractivity contribution in [2.75, 3.05) is 0 Å². The van der Waals surface area contributed by atoms with Crippen molar-refractivity contribution < 1.29 is 28.8 Å². The first-order valence-corrected chi connectivity index (χ1v) is 15.1. The van der Waals surface area contributed by atoms with Gasteiger partial charge in [0.25, 0.3) is 0 Å². The molecule has 2 aliphatic heterocycles. The summed E-state index contributed by atoms with van der Waals surface area (Å²) in [6.45, 7) is 13.3. The maximum absolute atomic E-state index is 11.9. The summed E-state index contributed by atoms with van der Waals surface area (Å²) in [6.07, 6.45) is 2.69. The topological polar surface area (TPSA) is 133 Å². The molecule has 2 aliphatic rings. The van der Waals surface area contributed by atoms with Crippen molar-refractivity contribution in [3.05, 3.63) is 69.8 Å². The Hall–Kier alpha value is -4.34. The number of rotatable bonds is 10. The van der Waals surface area contributed by atoms with Gasteiger partial charge in [-0.25, -0.2) is 0 Å². The molecular weight excluding hydrogens is 560 g/mol. The van der Waals surface area contributed by atoms with Crippen LogP contribution in [0, 0.1) is 13.8 Å². The van der Waals surface area contributed by atoms with E-state index >= 15 is 0 Å². The number of amides is 6. The van der Waals surface area contributed by atoms with Gasteiger partial charge < -0.3 is 9.80 Å². The highest BCUT2D eigenvalue weighted by Gasteiger charge is 2.32. The van der Waals surface area contributed by atoms with E-state index in [9.17, 15) is 28.8 Å². The Morgan fingerprint density at radius 3 is 1.57 bits per heavy atom. The number of aryl methyl sites for hydroxylation is 2. The van der Waals surface area contributed by atoms with E-state index in [1.54, 1.807) is 0 Å². The van der Waals surface area contributed by atoms with Crippen LogP contribution in [0.4, 0.5) is 0 Å². The summed E-state index contributed by atoms with van der Waals surface area (Å²) in [5.41, 5.74) is 6.69. The van der Waals surface area contributed by atoms with Crippen LogP contribution < -0.4 is 10.6 Å². The largest absolute Gasteiger partial charge is 0.329 e. The van der Waals surface area contributed by atoms with E-state index in [1.165, 1.54) is 20.9 Å². The SMILES string of the molecule is Cc1cc(C(C)C)ccc1CN(C=O)C1CCC(=O)NC1=O.Cc1ccc(C(C)C)cc1CN(C=O)C1CCC(=O)NC1=O. The third-order valence-electron chi connectivity index (χ3n) is 8.27. The summed E-state index contributed by atoms with van der Waals surface area (Å²) in [5.74, 6) is -0.472. The Morgan fingerprint density at radius 1 is 0.682 bits per heavy atom. The van der Waals surface area contributed by atoms with Crippen LogP contribution >= 0.6 is 0 Å². The van der Waals surface area contributed by atoms with Gasteiger partial charge in [0, 0.05) is 25.9 Å². The Kier molecular flexibility index (Phi) is 12.0. The summed E-state index contributed by atoms with van der Waals surface area (Å²) >= 11 is 0. The highest BCUT2D eigenvalue weighted by molar-refractivity contribution is 6.01. The van der Waals surface area contributed by atoms with Crippen LogP contribution in [0.25, 0.3) is 0 Å². The molecule has 0 radical (unpaired) electrons. The second kappa shape index (κ2) is 15.4. The monoisotopic (exact) mass is 604 g/mol. The molecule has 0 spiro atoms. The van der Waals surface area contributed by atoms with Crippen molar-refractivity contribution in [2.45, 2.75) is 104 Å². The van der Waals surface area contributed by atoms with Crippen molar-refractivity contribution in [1.82, 2.24) is 20.4 Å². The molecule has 0 aliphatic carbocycles. The van der Waals surface area contributed by atoms with Gasteiger partial charge in [0.05, 0.1) is 0 Å². The second-order valence-corrected chi connectivity index (χ2v) is 12.2. The van der Waals surface area contributed by atoms with E-state index in [1.807, 2.05) is 26.0 Å². The summed E-state index contributed by atoms with van der Waals surface area (Å²) < 4.78 is 0. The molecule has 6 amide bonds. The molecule has 236 valence electrons. The summed E-state index contributed by atoms with van der Waals surface area (Å²) in [5, 5.41) is 4.59. The van der Waals surface area contributed by atoms with Gasteiger partial charge >= 0.3 is 0 Å². The first-order valence-electron chi connectivity index (χ1n) is 15.1. The van der Waals surface area contributed by atoms with Gasteiger partial charge in [0.1, 0.15) is 12.1 Å². The van der Waals surface area contributed by atoms with Crippen LogP contribution in [0.15, 0.2) is 36.4 Å². The van der Waals surface area contributed by atoms with Crippen molar-refractivity contribution in [3.8, 4) is 0 Å². The van der Waals surface area contributed by atoms with Crippen LogP contribution in [0.1, 0.15) is 98.6 Å². The molecule has 2 fully saturated rings. The number of benzene rings is 2. The molecule has 2 heterocycles. The maximum atomic E-state index is 11.9. The van der Waals surface area contributed by atoms with Gasteiger partial charge in [-0.15, -0.1) is 0 Å². The summed E-state index contributed by atoms with van der Waals surface area (Å²) in [6, 6.07) is 11.2. The van der Waals surface area contributed by atoms with Gasteiger partial charge in [-0.2, -0.15) is 0 Å². The molecule has 2 aromatic rings. The number of hydrogen-bond acceptors (Lipinski definition) is 6. The Bertz CT molecular complexity index is 1400. The zero-order valence-electron chi connectivity index (χ0n) is 26.5. The molecule has 2 N–H and O–H groups in total. The van der Waals surface area contributed by atoms with Gasteiger partial charge in [0.15, 0.2) is 0 Å². The van der Waals surface area contributed by atoms with Crippen molar-refractivity contribution >= 4 is 36.4 Å². The number of imide groups is 2. The summed E-state index contributed by atoms with van der Waals surface area (Å²) in [4.78, 5) is 72.0. The van der Waals surface area contributed by atoms with E-state index in [0.717, 1.165) is 22.3 Å². The van der Waals surface area contributed by atoms with Crippen LogP contribution in [0.5, 0.6) is 0 Å². The van der Waals surface area contributed by atoms with E-state index in [2.05, 4.69) is 62.6 Å². The zero-order valence-corrected chi connectivity index (χ0v) is 26.5. The highest BCUT2D eigenvalue weighted by atomic mass is 16.2. The predicted molar refractivity (Wildman–Crippen MR) is 166 cm³/mol. The lowest BCUT2D eigenvalue weighted by Gasteiger charge is -2.30. The number of hydrogen-bond donors (Lipinski definition) is 2. The molecule has 4 rings (SSSR count). The fraction of sp³-hybridized carbons (Fsp3) is 0.471. The predicted octanol–water partition coefficient (Wildman–Crippen LogP) is 3.76. The summed E-state index contributed by atoms with van der Waals surface area (Å²) in [7, 11) is 0.